The molecule has 4 N–H and O–H groups in total. The highest BCUT2D eigenvalue weighted by Crippen LogP contribution is 2.37. The van der Waals surface area contributed by atoms with Crippen LogP contribution in [0.5, 0.6) is 0 Å². The molecule has 1 aliphatic rings. The topological polar surface area (TPSA) is 126 Å². The van der Waals surface area contributed by atoms with Gasteiger partial charge in [0.25, 0.3) is 5.56 Å². The molecule has 1 aliphatic heterocycles. The number of ether oxygens (including phenoxy) is 1. The van der Waals surface area contributed by atoms with E-state index in [9.17, 15) is 27.6 Å². The van der Waals surface area contributed by atoms with Gasteiger partial charge in [0.05, 0.1) is 12.1 Å². The maximum Gasteiger partial charge on any atom is 0.417 e. The van der Waals surface area contributed by atoms with Crippen molar-refractivity contribution in [2.75, 3.05) is 11.4 Å². The third-order valence-electron chi connectivity index (χ3n) is 6.15. The van der Waals surface area contributed by atoms with Gasteiger partial charge in [-0.15, -0.1) is 0 Å². The third-order valence-corrected chi connectivity index (χ3v) is 6.15. The summed E-state index contributed by atoms with van der Waals surface area (Å²) < 4.78 is 45.7. The van der Waals surface area contributed by atoms with Crippen molar-refractivity contribution in [1.82, 2.24) is 4.98 Å². The van der Waals surface area contributed by atoms with Crippen LogP contribution in [0, 0.1) is 0 Å². The molecule has 2 heterocycles. The molecule has 4 rings (SSSR count). The zero-order valence-corrected chi connectivity index (χ0v) is 19.0. The molecule has 1 fully saturated rings. The Morgan fingerprint density at radius 2 is 1.92 bits per heavy atom. The van der Waals surface area contributed by atoms with Gasteiger partial charge in [-0.3, -0.25) is 14.5 Å². The number of cyclic esters (lactones) is 1. The molecule has 3 aromatic rings. The van der Waals surface area contributed by atoms with Crippen molar-refractivity contribution in [3.05, 3.63) is 64.4 Å². The number of hydrogen-bond acceptors (Lipinski definition) is 5. The van der Waals surface area contributed by atoms with E-state index in [0.717, 1.165) is 6.07 Å². The quantitative estimate of drug-likeness (QED) is 0.389. The lowest BCUT2D eigenvalue weighted by molar-refractivity contribution is -0.139. The number of aromatic amines is 1. The number of pyridine rings is 1. The summed E-state index contributed by atoms with van der Waals surface area (Å²) in [7, 11) is 0. The Balaban J connectivity index is 1.52. The van der Waals surface area contributed by atoms with E-state index in [1.54, 1.807) is 12.1 Å². The van der Waals surface area contributed by atoms with Crippen molar-refractivity contribution < 1.29 is 32.6 Å². The highest BCUT2D eigenvalue weighted by molar-refractivity contribution is 5.94. The predicted octanol–water partition coefficient (Wildman–Crippen LogP) is 4.51. The Morgan fingerprint density at radius 3 is 2.64 bits per heavy atom. The summed E-state index contributed by atoms with van der Waals surface area (Å²) in [5, 5.41) is 9.48. The Kier molecular flexibility index (Phi) is 7.02. The molecule has 1 amide bonds. The van der Waals surface area contributed by atoms with E-state index in [1.165, 1.54) is 35.2 Å². The van der Waals surface area contributed by atoms with Crippen molar-refractivity contribution in [1.29, 1.82) is 0 Å². The number of carbonyl (C=O) groups excluding carboxylic acids is 1. The van der Waals surface area contributed by atoms with Gasteiger partial charge in [0.2, 0.25) is 0 Å². The number of carboxylic acids is 1. The SMILES string of the molecule is N[C@H](CCCCC1CN(c2ccc3cc(-c4ccccc4C(F)(F)F)[nH]c(=O)c3c2)C(=O)O1)C(=O)O. The monoisotopic (exact) mass is 503 g/mol. The second kappa shape index (κ2) is 10.0. The fourth-order valence-corrected chi connectivity index (χ4v) is 4.27. The van der Waals surface area contributed by atoms with E-state index >= 15 is 0 Å². The van der Waals surface area contributed by atoms with E-state index in [1.807, 2.05) is 0 Å². The summed E-state index contributed by atoms with van der Waals surface area (Å²) in [6, 6.07) is 10.2. The standard InChI is InChI=1S/C25H24F3N3O5/c26-25(27,28)19-7-3-2-6-17(19)21-11-14-9-10-15(12-18(14)22(32)30-21)31-13-16(36-24(31)35)5-1-4-8-20(29)23(33)34/h2-3,6-7,9-12,16,20H,1,4-5,8,13,29H2,(H,30,32)(H,33,34)/t16?,20-/m1/s1. The first kappa shape index (κ1) is 25.2. The molecular weight excluding hydrogens is 479 g/mol. The van der Waals surface area contributed by atoms with Crippen LogP contribution in [-0.2, 0) is 15.7 Å². The largest absolute Gasteiger partial charge is 0.480 e. The van der Waals surface area contributed by atoms with Gasteiger partial charge in [-0.1, -0.05) is 30.7 Å². The molecular formula is C25H24F3N3O5. The number of alkyl halides is 3. The van der Waals surface area contributed by atoms with Crippen LogP contribution in [0.4, 0.5) is 23.7 Å². The van der Waals surface area contributed by atoms with Crippen LogP contribution < -0.4 is 16.2 Å². The number of halogens is 3. The maximum absolute atomic E-state index is 13.4. The summed E-state index contributed by atoms with van der Waals surface area (Å²) >= 11 is 0. The molecule has 2 aromatic carbocycles. The number of nitrogens with two attached hydrogens (primary N) is 1. The molecule has 190 valence electrons. The van der Waals surface area contributed by atoms with Gasteiger partial charge in [0, 0.05) is 22.3 Å². The normalized spacial score (nSPS) is 16.8. The number of hydrogen-bond donors (Lipinski definition) is 3. The number of nitrogens with zero attached hydrogens (tertiary/aromatic N) is 1. The Labute approximate surface area is 203 Å². The molecule has 1 unspecified atom stereocenters. The number of aromatic nitrogens is 1. The summed E-state index contributed by atoms with van der Waals surface area (Å²) in [6.45, 7) is 0.254. The smallest absolute Gasteiger partial charge is 0.417 e. The molecule has 0 spiro atoms. The first-order valence-electron chi connectivity index (χ1n) is 11.3. The minimum atomic E-state index is -4.58. The number of rotatable bonds is 8. The van der Waals surface area contributed by atoms with Crippen molar-refractivity contribution >= 4 is 28.5 Å². The van der Waals surface area contributed by atoms with Crippen LogP contribution in [0.25, 0.3) is 22.0 Å². The van der Waals surface area contributed by atoms with E-state index in [0.29, 0.717) is 36.8 Å². The van der Waals surface area contributed by atoms with E-state index in [4.69, 9.17) is 15.6 Å². The van der Waals surface area contributed by atoms with Gasteiger partial charge in [-0.25, -0.2) is 4.79 Å². The fourth-order valence-electron chi connectivity index (χ4n) is 4.27. The third kappa shape index (κ3) is 5.35. The molecule has 36 heavy (non-hydrogen) atoms. The fraction of sp³-hybridized carbons (Fsp3) is 0.320. The molecule has 8 nitrogen and oxygen atoms in total. The van der Waals surface area contributed by atoms with E-state index < -0.39 is 41.5 Å². The van der Waals surface area contributed by atoms with Crippen molar-refractivity contribution in [3.63, 3.8) is 0 Å². The number of carboxylic acid groups (broad SMARTS) is 1. The van der Waals surface area contributed by atoms with Gasteiger partial charge in [0.15, 0.2) is 0 Å². The number of benzene rings is 2. The zero-order valence-electron chi connectivity index (χ0n) is 19.0. The predicted molar refractivity (Wildman–Crippen MR) is 127 cm³/mol. The lowest BCUT2D eigenvalue weighted by atomic mass is 10.0. The van der Waals surface area contributed by atoms with Crippen LogP contribution in [0.3, 0.4) is 0 Å². The second-order valence-corrected chi connectivity index (χ2v) is 8.67. The van der Waals surface area contributed by atoms with Crippen molar-refractivity contribution in [2.45, 2.75) is 44.0 Å². The highest BCUT2D eigenvalue weighted by atomic mass is 19.4. The maximum atomic E-state index is 13.4. The number of H-pyrrole nitrogens is 1. The molecule has 1 saturated heterocycles. The van der Waals surface area contributed by atoms with Gasteiger partial charge < -0.3 is 20.6 Å². The lowest BCUT2D eigenvalue weighted by Crippen LogP contribution is -2.29. The Bertz CT molecular complexity index is 1350. The molecule has 0 bridgehead atoms. The highest BCUT2D eigenvalue weighted by Gasteiger charge is 2.34. The molecule has 1 aromatic heterocycles. The van der Waals surface area contributed by atoms with Gasteiger partial charge in [0.1, 0.15) is 12.1 Å². The van der Waals surface area contributed by atoms with Crippen LogP contribution in [0.1, 0.15) is 31.2 Å². The summed E-state index contributed by atoms with van der Waals surface area (Å²) in [5.41, 5.74) is 4.38. The first-order valence-corrected chi connectivity index (χ1v) is 11.3. The summed E-state index contributed by atoms with van der Waals surface area (Å²) in [5.74, 6) is -1.06. The second-order valence-electron chi connectivity index (χ2n) is 8.67. The molecule has 0 aliphatic carbocycles. The van der Waals surface area contributed by atoms with Crippen LogP contribution >= 0.6 is 0 Å². The minimum absolute atomic E-state index is 0.0384. The molecule has 2 atom stereocenters. The van der Waals surface area contributed by atoms with E-state index in [2.05, 4.69) is 4.98 Å². The molecule has 0 saturated carbocycles. The van der Waals surface area contributed by atoms with Gasteiger partial charge in [-0.05, 0) is 48.9 Å². The number of nitrogens with one attached hydrogen (secondary N) is 1. The average molecular weight is 503 g/mol. The summed E-state index contributed by atoms with van der Waals surface area (Å²) in [6.07, 6.45) is -3.49. The van der Waals surface area contributed by atoms with Crippen LogP contribution in [0.2, 0.25) is 0 Å². The number of unbranched alkanes of at least 4 members (excludes halogenated alkanes) is 1. The van der Waals surface area contributed by atoms with Gasteiger partial charge in [-0.2, -0.15) is 13.2 Å². The van der Waals surface area contributed by atoms with E-state index in [-0.39, 0.29) is 23.2 Å². The number of anilines is 1. The Hall–Kier alpha value is -3.86. The zero-order chi connectivity index (χ0) is 26.0. The number of carbonyl (C=O) groups is 2. The molecule has 0 radical (unpaired) electrons. The lowest BCUT2D eigenvalue weighted by Gasteiger charge is -2.15. The molecule has 11 heteroatoms. The van der Waals surface area contributed by atoms with Gasteiger partial charge >= 0.3 is 18.2 Å². The average Bonchev–Trinajstić information content (AvgIpc) is 3.21. The van der Waals surface area contributed by atoms with Crippen molar-refractivity contribution in [2.24, 2.45) is 5.73 Å². The Morgan fingerprint density at radius 1 is 1.17 bits per heavy atom. The van der Waals surface area contributed by atoms with Crippen molar-refractivity contribution in [3.8, 4) is 11.3 Å². The first-order chi connectivity index (χ1) is 17.0. The number of aliphatic carboxylic acids is 1. The van der Waals surface area contributed by atoms with Crippen LogP contribution in [0.15, 0.2) is 53.3 Å². The summed E-state index contributed by atoms with van der Waals surface area (Å²) in [4.78, 5) is 39.9. The number of amides is 1. The minimum Gasteiger partial charge on any atom is -0.480 e. The number of fused-ring (bicyclic) bond motifs is 1. The van der Waals surface area contributed by atoms with Crippen LogP contribution in [-0.4, -0.2) is 40.8 Å².